The average molecular weight is 1190 g/mol. The van der Waals surface area contributed by atoms with Gasteiger partial charge in [-0.3, -0.25) is 38.4 Å². The van der Waals surface area contributed by atoms with Crippen molar-refractivity contribution in [1.82, 2.24) is 57.7 Å². The fourth-order valence-electron chi connectivity index (χ4n) is 13.4. The Balaban J connectivity index is 0.808. The molecule has 1 unspecified atom stereocenters. The molecule has 468 valence electrons. The Labute approximate surface area is 513 Å². The fraction of sp³-hybridized carbons (Fsp3) is 0.529. The lowest BCUT2D eigenvalue weighted by molar-refractivity contribution is -0.144. The third-order valence-electron chi connectivity index (χ3n) is 18.3. The molecule has 0 radical (unpaired) electrons. The van der Waals surface area contributed by atoms with Gasteiger partial charge in [-0.1, -0.05) is 154 Å². The number of benzene rings is 4. The van der Waals surface area contributed by atoms with Gasteiger partial charge in [0.1, 0.15) is 30.2 Å². The summed E-state index contributed by atoms with van der Waals surface area (Å²) in [7, 11) is 3.43. The number of carbonyl (C=O) groups is 8. The molecule has 11 atom stereocenters. The van der Waals surface area contributed by atoms with Crippen LogP contribution in [0.1, 0.15) is 151 Å². The van der Waals surface area contributed by atoms with Crippen LogP contribution in [-0.2, 0) is 44.9 Å². The Bertz CT molecular complexity index is 2840. The van der Waals surface area contributed by atoms with Gasteiger partial charge in [-0.15, -0.1) is 0 Å². The molecule has 4 saturated heterocycles. The van der Waals surface area contributed by atoms with Crippen molar-refractivity contribution in [3.63, 3.8) is 0 Å². The number of amides is 8. The van der Waals surface area contributed by atoms with Crippen molar-refractivity contribution in [1.29, 1.82) is 0 Å². The van der Waals surface area contributed by atoms with Crippen molar-refractivity contribution in [2.45, 2.75) is 184 Å². The Morgan fingerprint density at radius 2 is 0.943 bits per heavy atom. The average Bonchev–Trinajstić information content (AvgIpc) is 2.71. The van der Waals surface area contributed by atoms with Crippen LogP contribution in [-0.4, -0.2) is 139 Å². The molecule has 19 nitrogen and oxygen atoms in total. The quantitative estimate of drug-likeness (QED) is 0.0290. The van der Waals surface area contributed by atoms with Crippen LogP contribution in [0.15, 0.2) is 121 Å². The van der Waals surface area contributed by atoms with Gasteiger partial charge in [0.05, 0.1) is 18.1 Å². The van der Waals surface area contributed by atoms with Crippen LogP contribution < -0.4 is 47.9 Å². The SMILES string of the molecule is CC[C@H](NC)C(=O)N[C@@H]1C(=O)N2C(CC[C@@H]1CNCc1ccccc1)CC[C@H]2C(=O)N[C@H](C(=O)NCCCCCCCC(=O)NC[C@H]1CC[C@H]2CC[C@@H](C(=O)NC(c3ccccc3)c3ccccc3)N2C(=O)[C@H]1NC(=O)[C@H](CC)NC)c1ccccc1. The number of hydrogen-bond donors (Lipinski definition) is 9. The first kappa shape index (κ1) is 65.5. The molecule has 19 heteroatoms. The van der Waals surface area contributed by atoms with Crippen LogP contribution in [0.3, 0.4) is 0 Å². The number of hydrogen-bond acceptors (Lipinski definition) is 11. The first-order chi connectivity index (χ1) is 42.3. The van der Waals surface area contributed by atoms with Crippen molar-refractivity contribution in [2.75, 3.05) is 33.7 Å². The van der Waals surface area contributed by atoms with Crippen molar-refractivity contribution in [3.05, 3.63) is 144 Å². The van der Waals surface area contributed by atoms with E-state index in [0.29, 0.717) is 102 Å². The second-order valence-corrected chi connectivity index (χ2v) is 24.0. The molecule has 4 aliphatic heterocycles. The minimum absolute atomic E-state index is 0.143. The summed E-state index contributed by atoms with van der Waals surface area (Å²) in [6, 6.07) is 32.5. The lowest BCUT2D eigenvalue weighted by Crippen LogP contribution is -2.59. The molecule has 4 heterocycles. The molecule has 9 N–H and O–H groups in total. The van der Waals surface area contributed by atoms with E-state index in [4.69, 9.17) is 0 Å². The van der Waals surface area contributed by atoms with Gasteiger partial charge < -0.3 is 57.7 Å². The van der Waals surface area contributed by atoms with E-state index < -0.39 is 60.2 Å². The van der Waals surface area contributed by atoms with Crippen molar-refractivity contribution in [2.24, 2.45) is 11.8 Å². The minimum Gasteiger partial charge on any atom is -0.356 e. The Kier molecular flexibility index (Phi) is 24.9. The van der Waals surface area contributed by atoms with Crippen LogP contribution in [0, 0.1) is 11.8 Å². The molecule has 4 aromatic rings. The highest BCUT2D eigenvalue weighted by molar-refractivity contribution is 5.97. The Hall–Kier alpha value is -7.48. The van der Waals surface area contributed by atoms with Crippen LogP contribution >= 0.6 is 0 Å². The first-order valence-corrected chi connectivity index (χ1v) is 32.0. The summed E-state index contributed by atoms with van der Waals surface area (Å²) in [5.41, 5.74) is 3.57. The molecule has 4 aliphatic rings. The predicted molar refractivity (Wildman–Crippen MR) is 335 cm³/mol. The number of nitrogens with one attached hydrogen (secondary N) is 9. The lowest BCUT2D eigenvalue weighted by atomic mass is 9.92. The summed E-state index contributed by atoms with van der Waals surface area (Å²) in [6.45, 7) is 5.48. The molecule has 4 fully saturated rings. The third-order valence-corrected chi connectivity index (χ3v) is 18.3. The molecule has 0 aromatic heterocycles. The molecule has 0 saturated carbocycles. The monoisotopic (exact) mass is 1190 g/mol. The highest BCUT2D eigenvalue weighted by Gasteiger charge is 2.50. The molecule has 87 heavy (non-hydrogen) atoms. The van der Waals surface area contributed by atoms with Gasteiger partial charge >= 0.3 is 0 Å². The number of nitrogens with zero attached hydrogens (tertiary/aromatic N) is 2. The zero-order chi connectivity index (χ0) is 61.7. The molecule has 8 amide bonds. The second-order valence-electron chi connectivity index (χ2n) is 24.0. The topological polar surface area (TPSA) is 251 Å². The fourth-order valence-corrected chi connectivity index (χ4v) is 13.4. The lowest BCUT2D eigenvalue weighted by Gasteiger charge is -2.33. The van der Waals surface area contributed by atoms with E-state index in [1.165, 1.54) is 0 Å². The molecule has 8 rings (SSSR count). The number of carbonyl (C=O) groups excluding carboxylic acids is 8. The Morgan fingerprint density at radius 1 is 0.494 bits per heavy atom. The van der Waals surface area contributed by atoms with E-state index in [1.54, 1.807) is 36.0 Å². The number of rotatable bonds is 30. The summed E-state index contributed by atoms with van der Waals surface area (Å²) < 4.78 is 0. The first-order valence-electron chi connectivity index (χ1n) is 32.0. The molecular weight excluding hydrogens is 1100 g/mol. The molecule has 4 aromatic carbocycles. The summed E-state index contributed by atoms with van der Waals surface area (Å²) >= 11 is 0. The van der Waals surface area contributed by atoms with Crippen molar-refractivity contribution < 1.29 is 38.4 Å². The highest BCUT2D eigenvalue weighted by atomic mass is 16.2. The smallest absolute Gasteiger partial charge is 0.247 e. The van der Waals surface area contributed by atoms with Crippen molar-refractivity contribution in [3.8, 4) is 0 Å². The summed E-state index contributed by atoms with van der Waals surface area (Å²) in [6.07, 6.45) is 9.84. The van der Waals surface area contributed by atoms with E-state index in [2.05, 4.69) is 47.9 Å². The molecule has 0 spiro atoms. The van der Waals surface area contributed by atoms with E-state index in [0.717, 1.165) is 36.0 Å². The predicted octanol–water partition coefficient (Wildman–Crippen LogP) is 5.62. The van der Waals surface area contributed by atoms with Crippen LogP contribution in [0.2, 0.25) is 0 Å². The molecule has 0 bridgehead atoms. The maximum absolute atomic E-state index is 14.8. The zero-order valence-electron chi connectivity index (χ0n) is 51.3. The van der Waals surface area contributed by atoms with Gasteiger partial charge in [0.25, 0.3) is 0 Å². The van der Waals surface area contributed by atoms with Gasteiger partial charge in [0, 0.05) is 56.5 Å². The number of unbranched alkanes of at least 4 members (excludes halogenated alkanes) is 4. The van der Waals surface area contributed by atoms with Crippen LogP contribution in [0.5, 0.6) is 0 Å². The second kappa shape index (κ2) is 33.0. The van der Waals surface area contributed by atoms with E-state index in [1.807, 2.05) is 123 Å². The van der Waals surface area contributed by atoms with Gasteiger partial charge in [0.15, 0.2) is 0 Å². The largest absolute Gasteiger partial charge is 0.356 e. The van der Waals surface area contributed by atoms with Gasteiger partial charge in [-0.2, -0.15) is 0 Å². The van der Waals surface area contributed by atoms with Crippen LogP contribution in [0.4, 0.5) is 0 Å². The van der Waals surface area contributed by atoms with Crippen LogP contribution in [0.25, 0.3) is 0 Å². The number of fused-ring (bicyclic) bond motifs is 2. The Morgan fingerprint density at radius 3 is 1.45 bits per heavy atom. The van der Waals surface area contributed by atoms with Gasteiger partial charge in [-0.05, 0) is 113 Å². The normalized spacial score (nSPS) is 22.8. The zero-order valence-corrected chi connectivity index (χ0v) is 51.3. The van der Waals surface area contributed by atoms with Crippen molar-refractivity contribution >= 4 is 47.3 Å². The van der Waals surface area contributed by atoms with E-state index >= 15 is 0 Å². The molecule has 0 aliphatic carbocycles. The maximum Gasteiger partial charge on any atom is 0.247 e. The minimum atomic E-state index is -1.01. The highest BCUT2D eigenvalue weighted by Crippen LogP contribution is 2.37. The standard InChI is InChI=1S/C68H93N11O8/c1-5-53(69-3)62(81)76-60-49(43-71-42-45-24-14-10-15-25-45)33-35-51-38-40-56(79(51)67(60)86)65(84)75-59(48-30-20-13-21-31-48)66(85)72-41-23-9-7-8-22-32-57(80)73-44-50-34-36-52-37-39-55(78(52)68(87)61(50)77-63(82)54(6-2)70-4)64(83)74-58(46-26-16-11-17-27-46)47-28-18-12-19-29-47/h10-21,24-31,49-56,58-61,69-71H,5-9,22-23,32-44H2,1-4H3,(H,72,85)(H,73,80)(H,74,83)(H,75,84)(H,76,81)(H,77,82)/t49-,50-,51?,52+,53+,54+,55+,56+,59+,60+,61+/m1/s1. The van der Waals surface area contributed by atoms with E-state index in [9.17, 15) is 38.4 Å². The molecular formula is C68H93N11O8. The third kappa shape index (κ3) is 17.4. The van der Waals surface area contributed by atoms with Gasteiger partial charge in [0.2, 0.25) is 47.3 Å². The summed E-state index contributed by atoms with van der Waals surface area (Å²) in [5.74, 6) is -2.92. The number of likely N-dealkylation sites (N-methyl/N-ethyl adjacent to an activating group) is 2. The maximum atomic E-state index is 14.8. The van der Waals surface area contributed by atoms with E-state index in [-0.39, 0.29) is 72.3 Å². The van der Waals surface area contributed by atoms with Gasteiger partial charge in [-0.25, -0.2) is 0 Å². The summed E-state index contributed by atoms with van der Waals surface area (Å²) in [5, 5.41) is 28.1. The summed E-state index contributed by atoms with van der Waals surface area (Å²) in [4.78, 5) is 116.